The highest BCUT2D eigenvalue weighted by atomic mass is 32.2. The molecule has 1 fully saturated rings. The van der Waals surface area contributed by atoms with Gasteiger partial charge in [-0.3, -0.25) is 4.79 Å². The minimum atomic E-state index is -3.68. The van der Waals surface area contributed by atoms with Crippen molar-refractivity contribution in [3.05, 3.63) is 18.2 Å². The normalized spacial score (nSPS) is 19.8. The Morgan fingerprint density at radius 1 is 1.62 bits per heavy atom. The predicted molar refractivity (Wildman–Crippen MR) is 75.6 cm³/mol. The third-order valence-electron chi connectivity index (χ3n) is 3.27. The Morgan fingerprint density at radius 3 is 3.10 bits per heavy atom. The summed E-state index contributed by atoms with van der Waals surface area (Å²) >= 11 is 0. The maximum Gasteiger partial charge on any atom is 0.324 e. The van der Waals surface area contributed by atoms with E-state index in [0.29, 0.717) is 31.6 Å². The van der Waals surface area contributed by atoms with Crippen molar-refractivity contribution in [3.8, 4) is 0 Å². The van der Waals surface area contributed by atoms with Crippen LogP contribution in [-0.4, -0.2) is 54.4 Å². The Bertz CT molecular complexity index is 558. The number of imidazole rings is 1. The topological polar surface area (TPSA) is 104 Å². The Kier molecular flexibility index (Phi) is 5.32. The molecule has 0 radical (unpaired) electrons. The van der Waals surface area contributed by atoms with Crippen LogP contribution in [0.5, 0.6) is 0 Å². The van der Waals surface area contributed by atoms with E-state index in [1.807, 2.05) is 0 Å². The van der Waals surface area contributed by atoms with Crippen LogP contribution in [0.2, 0.25) is 0 Å². The zero-order valence-electron chi connectivity index (χ0n) is 11.9. The first-order valence-electron chi connectivity index (χ1n) is 6.96. The SMILES string of the molecule is CCOC(=O)C1CCCN1S(=O)(=O)NCCc1ncc[nH]1. The molecule has 0 aromatic carbocycles. The van der Waals surface area contributed by atoms with Gasteiger partial charge in [0.05, 0.1) is 6.61 Å². The molecular weight excluding hydrogens is 296 g/mol. The van der Waals surface area contributed by atoms with E-state index in [-0.39, 0.29) is 13.2 Å². The highest BCUT2D eigenvalue weighted by Gasteiger charge is 2.39. The van der Waals surface area contributed by atoms with Gasteiger partial charge >= 0.3 is 5.97 Å². The number of nitrogens with zero attached hydrogens (tertiary/aromatic N) is 2. The van der Waals surface area contributed by atoms with E-state index in [1.54, 1.807) is 19.3 Å². The highest BCUT2D eigenvalue weighted by molar-refractivity contribution is 7.87. The molecule has 0 saturated carbocycles. The van der Waals surface area contributed by atoms with Gasteiger partial charge in [-0.25, -0.2) is 9.71 Å². The zero-order valence-corrected chi connectivity index (χ0v) is 12.7. The molecule has 1 aliphatic rings. The number of aromatic amines is 1. The first kappa shape index (κ1) is 15.9. The Hall–Kier alpha value is -1.45. The number of hydrogen-bond acceptors (Lipinski definition) is 5. The van der Waals surface area contributed by atoms with Crippen molar-refractivity contribution in [3.63, 3.8) is 0 Å². The van der Waals surface area contributed by atoms with Crippen LogP contribution >= 0.6 is 0 Å². The number of carbonyl (C=O) groups is 1. The molecule has 0 bridgehead atoms. The van der Waals surface area contributed by atoms with Crippen LogP contribution in [0.1, 0.15) is 25.6 Å². The predicted octanol–water partition coefficient (Wildman–Crippen LogP) is -0.186. The molecule has 1 aromatic heterocycles. The van der Waals surface area contributed by atoms with Crippen molar-refractivity contribution in [2.75, 3.05) is 19.7 Å². The van der Waals surface area contributed by atoms with Crippen molar-refractivity contribution < 1.29 is 17.9 Å². The molecule has 118 valence electrons. The van der Waals surface area contributed by atoms with Crippen LogP contribution in [0, 0.1) is 0 Å². The molecule has 0 spiro atoms. The minimum Gasteiger partial charge on any atom is -0.465 e. The number of aromatic nitrogens is 2. The zero-order chi connectivity index (χ0) is 15.3. The molecule has 1 unspecified atom stereocenters. The number of ether oxygens (including phenoxy) is 1. The standard InChI is InChI=1S/C12H20N4O4S/c1-2-20-12(17)10-4-3-9-16(10)21(18,19)15-6-5-11-13-7-8-14-11/h7-8,10,15H,2-6,9H2,1H3,(H,13,14). The maximum absolute atomic E-state index is 12.3. The molecule has 0 amide bonds. The minimum absolute atomic E-state index is 0.224. The second kappa shape index (κ2) is 7.01. The van der Waals surface area contributed by atoms with Crippen LogP contribution < -0.4 is 4.72 Å². The molecule has 2 heterocycles. The van der Waals surface area contributed by atoms with E-state index >= 15 is 0 Å². The number of hydrogen-bond donors (Lipinski definition) is 2. The molecule has 1 atom stereocenters. The lowest BCUT2D eigenvalue weighted by Gasteiger charge is -2.22. The third-order valence-corrected chi connectivity index (χ3v) is 4.90. The second-order valence-corrected chi connectivity index (χ2v) is 6.41. The largest absolute Gasteiger partial charge is 0.465 e. The van der Waals surface area contributed by atoms with E-state index in [0.717, 1.165) is 0 Å². The van der Waals surface area contributed by atoms with E-state index in [1.165, 1.54) is 4.31 Å². The fraction of sp³-hybridized carbons (Fsp3) is 0.667. The maximum atomic E-state index is 12.3. The van der Waals surface area contributed by atoms with Crippen LogP contribution in [0.3, 0.4) is 0 Å². The fourth-order valence-corrected chi connectivity index (χ4v) is 3.74. The van der Waals surface area contributed by atoms with E-state index in [4.69, 9.17) is 4.74 Å². The number of rotatable bonds is 7. The number of esters is 1. The van der Waals surface area contributed by atoms with Gasteiger partial charge in [0, 0.05) is 31.9 Å². The lowest BCUT2D eigenvalue weighted by Crippen LogP contribution is -2.47. The smallest absolute Gasteiger partial charge is 0.324 e. The summed E-state index contributed by atoms with van der Waals surface area (Å²) in [6, 6.07) is -0.717. The number of carbonyl (C=O) groups excluding carboxylic acids is 1. The van der Waals surface area contributed by atoms with Crippen molar-refractivity contribution >= 4 is 16.2 Å². The molecule has 1 aromatic rings. The van der Waals surface area contributed by atoms with Gasteiger partial charge in [-0.2, -0.15) is 12.7 Å². The van der Waals surface area contributed by atoms with Gasteiger partial charge in [-0.15, -0.1) is 0 Å². The summed E-state index contributed by atoms with van der Waals surface area (Å²) in [4.78, 5) is 18.7. The van der Waals surface area contributed by atoms with Crippen molar-refractivity contribution in [2.24, 2.45) is 0 Å². The fourth-order valence-electron chi connectivity index (χ4n) is 2.32. The summed E-state index contributed by atoms with van der Waals surface area (Å²) < 4.78 is 33.1. The first-order valence-corrected chi connectivity index (χ1v) is 8.40. The Morgan fingerprint density at radius 2 is 2.43 bits per heavy atom. The van der Waals surface area contributed by atoms with E-state index in [9.17, 15) is 13.2 Å². The molecular formula is C12H20N4O4S. The van der Waals surface area contributed by atoms with Gasteiger partial charge in [0.2, 0.25) is 0 Å². The molecule has 1 saturated heterocycles. The monoisotopic (exact) mass is 316 g/mol. The van der Waals surface area contributed by atoms with Crippen LogP contribution in [0.4, 0.5) is 0 Å². The van der Waals surface area contributed by atoms with Crippen molar-refractivity contribution in [2.45, 2.75) is 32.2 Å². The summed E-state index contributed by atoms with van der Waals surface area (Å²) in [7, 11) is -3.68. The molecule has 1 aliphatic heterocycles. The summed E-state index contributed by atoms with van der Waals surface area (Å²) in [5.74, 6) is 0.229. The highest BCUT2D eigenvalue weighted by Crippen LogP contribution is 2.21. The Balaban J connectivity index is 1.92. The van der Waals surface area contributed by atoms with E-state index < -0.39 is 22.2 Å². The van der Waals surface area contributed by atoms with Gasteiger partial charge in [0.25, 0.3) is 10.2 Å². The van der Waals surface area contributed by atoms with Crippen molar-refractivity contribution in [1.82, 2.24) is 19.0 Å². The van der Waals surface area contributed by atoms with Gasteiger partial charge in [0.15, 0.2) is 0 Å². The summed E-state index contributed by atoms with van der Waals surface area (Å²) in [5, 5.41) is 0. The molecule has 2 N–H and O–H groups in total. The van der Waals surface area contributed by atoms with Crippen LogP contribution in [-0.2, 0) is 26.2 Å². The van der Waals surface area contributed by atoms with Gasteiger partial charge < -0.3 is 9.72 Å². The number of H-pyrrole nitrogens is 1. The summed E-state index contributed by atoms with van der Waals surface area (Å²) in [6.07, 6.45) is 4.91. The first-order chi connectivity index (χ1) is 10.0. The molecule has 0 aliphatic carbocycles. The average Bonchev–Trinajstić information content (AvgIpc) is 3.10. The molecule has 8 nitrogen and oxygen atoms in total. The molecule has 2 rings (SSSR count). The molecule has 21 heavy (non-hydrogen) atoms. The quantitative estimate of drug-likeness (QED) is 0.679. The van der Waals surface area contributed by atoms with Crippen LogP contribution in [0.25, 0.3) is 0 Å². The molecule has 9 heteroatoms. The lowest BCUT2D eigenvalue weighted by atomic mass is 10.2. The third kappa shape index (κ3) is 4.02. The average molecular weight is 316 g/mol. The summed E-state index contributed by atoms with van der Waals surface area (Å²) in [5.41, 5.74) is 0. The van der Waals surface area contributed by atoms with E-state index in [2.05, 4.69) is 14.7 Å². The number of nitrogens with one attached hydrogen (secondary N) is 2. The Labute approximate surface area is 124 Å². The lowest BCUT2D eigenvalue weighted by molar-refractivity contribution is -0.146. The summed E-state index contributed by atoms with van der Waals surface area (Å²) in [6.45, 7) is 2.50. The van der Waals surface area contributed by atoms with Gasteiger partial charge in [-0.1, -0.05) is 0 Å². The van der Waals surface area contributed by atoms with Crippen LogP contribution in [0.15, 0.2) is 12.4 Å². The van der Waals surface area contributed by atoms with Gasteiger partial charge in [0.1, 0.15) is 11.9 Å². The van der Waals surface area contributed by atoms with Gasteiger partial charge in [-0.05, 0) is 19.8 Å². The second-order valence-electron chi connectivity index (χ2n) is 4.71. The van der Waals surface area contributed by atoms with Crippen molar-refractivity contribution in [1.29, 1.82) is 0 Å².